The summed E-state index contributed by atoms with van der Waals surface area (Å²) in [6, 6.07) is 4.67. The molecule has 0 amide bonds. The van der Waals surface area contributed by atoms with Crippen molar-refractivity contribution in [3.63, 3.8) is 0 Å². The first-order chi connectivity index (χ1) is 8.69. The fourth-order valence-corrected chi connectivity index (χ4v) is 2.22. The second kappa shape index (κ2) is 8.25. The maximum atomic E-state index is 4.62. The van der Waals surface area contributed by atoms with Crippen molar-refractivity contribution in [1.29, 1.82) is 0 Å². The monoisotopic (exact) mass is 248 g/mol. The average molecular weight is 248 g/mol. The van der Waals surface area contributed by atoms with Gasteiger partial charge < -0.3 is 5.32 Å². The van der Waals surface area contributed by atoms with E-state index in [1.165, 1.54) is 30.5 Å². The molecular formula is C16H28N2. The summed E-state index contributed by atoms with van der Waals surface area (Å²) >= 11 is 0. The Kier molecular flexibility index (Phi) is 6.96. The van der Waals surface area contributed by atoms with E-state index in [4.69, 9.17) is 0 Å². The molecule has 0 saturated carbocycles. The number of nitrogens with one attached hydrogen (secondary N) is 1. The minimum Gasteiger partial charge on any atom is -0.309 e. The molecule has 1 atom stereocenters. The van der Waals surface area contributed by atoms with Gasteiger partial charge in [0.1, 0.15) is 0 Å². The maximum Gasteiger partial charge on any atom is 0.0604 e. The Labute approximate surface area is 112 Å². The summed E-state index contributed by atoms with van der Waals surface area (Å²) in [5.74, 6) is 0.754. The van der Waals surface area contributed by atoms with Gasteiger partial charge in [-0.3, -0.25) is 4.98 Å². The summed E-state index contributed by atoms with van der Waals surface area (Å²) < 4.78 is 0. The summed E-state index contributed by atoms with van der Waals surface area (Å²) in [6.07, 6.45) is 6.59. The highest BCUT2D eigenvalue weighted by Gasteiger charge is 2.15. The van der Waals surface area contributed by atoms with Gasteiger partial charge in [0, 0.05) is 12.2 Å². The maximum absolute atomic E-state index is 4.62. The van der Waals surface area contributed by atoms with Crippen LogP contribution in [0.4, 0.5) is 0 Å². The van der Waals surface area contributed by atoms with E-state index in [1.807, 2.05) is 12.3 Å². The van der Waals surface area contributed by atoms with Crippen LogP contribution >= 0.6 is 0 Å². The van der Waals surface area contributed by atoms with Crippen LogP contribution < -0.4 is 5.32 Å². The van der Waals surface area contributed by atoms with Gasteiger partial charge in [0.25, 0.3) is 0 Å². The third-order valence-corrected chi connectivity index (χ3v) is 3.31. The minimum absolute atomic E-state index is 0.420. The lowest BCUT2D eigenvalue weighted by Gasteiger charge is -2.21. The Bertz CT molecular complexity index is 334. The molecule has 0 saturated heterocycles. The molecule has 1 rings (SSSR count). The molecule has 0 bridgehead atoms. The van der Waals surface area contributed by atoms with E-state index in [0.717, 1.165) is 18.9 Å². The average Bonchev–Trinajstić information content (AvgIpc) is 2.38. The van der Waals surface area contributed by atoms with E-state index >= 15 is 0 Å². The van der Waals surface area contributed by atoms with Crippen LogP contribution in [-0.4, -0.2) is 11.5 Å². The fourth-order valence-electron chi connectivity index (χ4n) is 2.22. The van der Waals surface area contributed by atoms with E-state index < -0.39 is 0 Å². The lowest BCUT2D eigenvalue weighted by Crippen LogP contribution is -2.24. The Morgan fingerprint density at radius 3 is 2.61 bits per heavy atom. The molecule has 0 spiro atoms. The highest BCUT2D eigenvalue weighted by Crippen LogP contribution is 2.22. The van der Waals surface area contributed by atoms with Crippen molar-refractivity contribution >= 4 is 0 Å². The fraction of sp³-hybridized carbons (Fsp3) is 0.688. The quantitative estimate of drug-likeness (QED) is 0.748. The summed E-state index contributed by atoms with van der Waals surface area (Å²) in [4.78, 5) is 4.62. The summed E-state index contributed by atoms with van der Waals surface area (Å²) in [7, 11) is 0. The molecule has 0 aliphatic carbocycles. The molecule has 102 valence electrons. The van der Waals surface area contributed by atoms with E-state index in [1.54, 1.807) is 0 Å². The molecule has 0 radical (unpaired) electrons. The predicted octanol–water partition coefficient (Wildman–Crippen LogP) is 4.12. The van der Waals surface area contributed by atoms with Crippen LogP contribution in [0.3, 0.4) is 0 Å². The minimum atomic E-state index is 0.420. The SMILES string of the molecule is CCCNC(CCC(C)C)c1ncccc1CC. The first kappa shape index (κ1) is 15.2. The lowest BCUT2D eigenvalue weighted by molar-refractivity contribution is 0.432. The zero-order chi connectivity index (χ0) is 13.4. The molecule has 1 aromatic rings. The topological polar surface area (TPSA) is 24.9 Å². The van der Waals surface area contributed by atoms with E-state index in [0.29, 0.717) is 6.04 Å². The molecule has 0 aliphatic rings. The highest BCUT2D eigenvalue weighted by atomic mass is 14.9. The third-order valence-electron chi connectivity index (χ3n) is 3.31. The zero-order valence-electron chi connectivity index (χ0n) is 12.4. The molecule has 1 N–H and O–H groups in total. The van der Waals surface area contributed by atoms with Gasteiger partial charge >= 0.3 is 0 Å². The lowest BCUT2D eigenvalue weighted by atomic mass is 9.97. The normalized spacial score (nSPS) is 12.9. The Hall–Kier alpha value is -0.890. The zero-order valence-corrected chi connectivity index (χ0v) is 12.4. The predicted molar refractivity (Wildman–Crippen MR) is 78.7 cm³/mol. The highest BCUT2D eigenvalue weighted by molar-refractivity contribution is 5.22. The van der Waals surface area contributed by atoms with Crippen molar-refractivity contribution in [3.8, 4) is 0 Å². The number of aromatic nitrogens is 1. The number of pyridine rings is 1. The first-order valence-corrected chi connectivity index (χ1v) is 7.36. The first-order valence-electron chi connectivity index (χ1n) is 7.36. The Balaban J connectivity index is 2.79. The molecule has 2 nitrogen and oxygen atoms in total. The number of hydrogen-bond donors (Lipinski definition) is 1. The number of hydrogen-bond acceptors (Lipinski definition) is 2. The van der Waals surface area contributed by atoms with Crippen molar-refractivity contribution in [2.24, 2.45) is 5.92 Å². The van der Waals surface area contributed by atoms with Crippen molar-refractivity contribution in [3.05, 3.63) is 29.6 Å². The van der Waals surface area contributed by atoms with Crippen molar-refractivity contribution in [2.45, 2.75) is 59.4 Å². The Morgan fingerprint density at radius 2 is 2.00 bits per heavy atom. The molecule has 0 aliphatic heterocycles. The van der Waals surface area contributed by atoms with Gasteiger partial charge in [-0.05, 0) is 49.8 Å². The molecule has 1 aromatic heterocycles. The van der Waals surface area contributed by atoms with E-state index in [-0.39, 0.29) is 0 Å². The van der Waals surface area contributed by atoms with Gasteiger partial charge in [-0.25, -0.2) is 0 Å². The van der Waals surface area contributed by atoms with Crippen LogP contribution in [0, 0.1) is 5.92 Å². The van der Waals surface area contributed by atoms with Gasteiger partial charge in [-0.2, -0.15) is 0 Å². The number of rotatable bonds is 8. The van der Waals surface area contributed by atoms with Gasteiger partial charge in [0.05, 0.1) is 5.69 Å². The van der Waals surface area contributed by atoms with E-state index in [9.17, 15) is 0 Å². The molecule has 0 aromatic carbocycles. The van der Waals surface area contributed by atoms with Gasteiger partial charge in [-0.15, -0.1) is 0 Å². The number of aryl methyl sites for hydroxylation is 1. The van der Waals surface area contributed by atoms with Crippen LogP contribution in [0.15, 0.2) is 18.3 Å². The molecule has 0 fully saturated rings. The van der Waals surface area contributed by atoms with Crippen molar-refractivity contribution in [1.82, 2.24) is 10.3 Å². The second-order valence-corrected chi connectivity index (χ2v) is 5.38. The summed E-state index contributed by atoms with van der Waals surface area (Å²) in [6.45, 7) is 10.1. The third kappa shape index (κ3) is 4.77. The van der Waals surface area contributed by atoms with Crippen LogP contribution in [0.1, 0.15) is 64.3 Å². The number of nitrogens with zero attached hydrogens (tertiary/aromatic N) is 1. The smallest absolute Gasteiger partial charge is 0.0604 e. The standard InChI is InChI=1S/C16H28N2/c1-5-11-17-15(10-9-13(3)4)16-14(6-2)8-7-12-18-16/h7-8,12-13,15,17H,5-6,9-11H2,1-4H3. The van der Waals surface area contributed by atoms with Gasteiger partial charge in [0.2, 0.25) is 0 Å². The van der Waals surface area contributed by atoms with E-state index in [2.05, 4.69) is 44.1 Å². The second-order valence-electron chi connectivity index (χ2n) is 5.38. The van der Waals surface area contributed by atoms with Gasteiger partial charge in [-0.1, -0.05) is 33.8 Å². The van der Waals surface area contributed by atoms with Crippen LogP contribution in [-0.2, 0) is 6.42 Å². The Morgan fingerprint density at radius 1 is 1.22 bits per heavy atom. The van der Waals surface area contributed by atoms with Crippen molar-refractivity contribution < 1.29 is 0 Å². The molecular weight excluding hydrogens is 220 g/mol. The van der Waals surface area contributed by atoms with Crippen LogP contribution in [0.2, 0.25) is 0 Å². The summed E-state index contributed by atoms with van der Waals surface area (Å²) in [5.41, 5.74) is 2.64. The summed E-state index contributed by atoms with van der Waals surface area (Å²) in [5, 5.41) is 3.65. The molecule has 1 unspecified atom stereocenters. The van der Waals surface area contributed by atoms with Gasteiger partial charge in [0.15, 0.2) is 0 Å². The molecule has 1 heterocycles. The van der Waals surface area contributed by atoms with Crippen molar-refractivity contribution in [2.75, 3.05) is 6.54 Å². The largest absolute Gasteiger partial charge is 0.309 e. The van der Waals surface area contributed by atoms with Crippen LogP contribution in [0.25, 0.3) is 0 Å². The van der Waals surface area contributed by atoms with Crippen LogP contribution in [0.5, 0.6) is 0 Å². The molecule has 18 heavy (non-hydrogen) atoms. The molecule has 2 heteroatoms.